The Labute approximate surface area is 119 Å². The van der Waals surface area contributed by atoms with E-state index in [1.807, 2.05) is 5.32 Å². The molecule has 0 saturated carbocycles. The summed E-state index contributed by atoms with van der Waals surface area (Å²) >= 11 is 0. The Morgan fingerprint density at radius 3 is 2.43 bits per heavy atom. The number of benzene rings is 1. The van der Waals surface area contributed by atoms with Crippen molar-refractivity contribution in [3.8, 4) is 0 Å². The minimum Gasteiger partial charge on any atom is -0.326 e. The number of hydrogen-bond donors (Lipinski definition) is 3. The Balaban J connectivity index is 2.60. The van der Waals surface area contributed by atoms with E-state index in [1.165, 1.54) is 6.92 Å². The molecule has 116 valence electrons. The number of carbonyl (C=O) groups is 2. The molecule has 1 rings (SSSR count). The van der Waals surface area contributed by atoms with Gasteiger partial charge in [0.15, 0.2) is 0 Å². The molecular weight excluding hydrogens is 287 g/mol. The highest BCUT2D eigenvalue weighted by atomic mass is 19.4. The maximum atomic E-state index is 11.9. The summed E-state index contributed by atoms with van der Waals surface area (Å²) in [7, 11) is 0. The van der Waals surface area contributed by atoms with Crippen LogP contribution in [0.25, 0.3) is 0 Å². The smallest absolute Gasteiger partial charge is 0.326 e. The van der Waals surface area contributed by atoms with Gasteiger partial charge >= 0.3 is 6.18 Å². The molecule has 0 bridgehead atoms. The molecule has 0 unspecified atom stereocenters. The largest absolute Gasteiger partial charge is 0.401 e. The molecule has 5 nitrogen and oxygen atoms in total. The minimum absolute atomic E-state index is 0.261. The second kappa shape index (κ2) is 7.07. The van der Waals surface area contributed by atoms with Crippen molar-refractivity contribution in [3.05, 3.63) is 23.8 Å². The van der Waals surface area contributed by atoms with E-state index >= 15 is 0 Å². The van der Waals surface area contributed by atoms with Gasteiger partial charge in [0.05, 0.1) is 13.1 Å². The van der Waals surface area contributed by atoms with E-state index in [9.17, 15) is 22.8 Å². The van der Waals surface area contributed by atoms with Crippen molar-refractivity contribution in [2.24, 2.45) is 0 Å². The van der Waals surface area contributed by atoms with Crippen LogP contribution < -0.4 is 16.0 Å². The fourth-order valence-electron chi connectivity index (χ4n) is 1.55. The van der Waals surface area contributed by atoms with Crippen LogP contribution in [0, 0.1) is 6.92 Å². The molecule has 0 fully saturated rings. The maximum absolute atomic E-state index is 11.9. The molecule has 2 amide bonds. The van der Waals surface area contributed by atoms with Crippen LogP contribution in [-0.4, -0.2) is 31.1 Å². The Morgan fingerprint density at radius 2 is 1.86 bits per heavy atom. The number of aryl methyl sites for hydroxylation is 1. The number of anilines is 2. The molecule has 3 N–H and O–H groups in total. The molecular formula is C13H16F3N3O2. The third-order valence-electron chi connectivity index (χ3n) is 2.44. The molecule has 0 saturated heterocycles. The van der Waals surface area contributed by atoms with Crippen LogP contribution in [0.15, 0.2) is 18.2 Å². The van der Waals surface area contributed by atoms with Crippen molar-refractivity contribution in [3.63, 3.8) is 0 Å². The predicted molar refractivity (Wildman–Crippen MR) is 73.0 cm³/mol. The van der Waals surface area contributed by atoms with E-state index in [0.717, 1.165) is 5.56 Å². The van der Waals surface area contributed by atoms with E-state index in [2.05, 4.69) is 10.6 Å². The van der Waals surface area contributed by atoms with Crippen LogP contribution in [0.5, 0.6) is 0 Å². The van der Waals surface area contributed by atoms with Gasteiger partial charge in [-0.1, -0.05) is 6.07 Å². The minimum atomic E-state index is -4.36. The van der Waals surface area contributed by atoms with Gasteiger partial charge in [-0.05, 0) is 24.6 Å². The number of rotatable bonds is 5. The molecule has 21 heavy (non-hydrogen) atoms. The number of nitrogens with one attached hydrogen (secondary N) is 3. The van der Waals surface area contributed by atoms with Gasteiger partial charge in [0.25, 0.3) is 0 Å². The van der Waals surface area contributed by atoms with Gasteiger partial charge in [-0.2, -0.15) is 13.2 Å². The number of carbonyl (C=O) groups excluding carboxylic acids is 2. The van der Waals surface area contributed by atoms with Gasteiger partial charge in [0, 0.05) is 18.3 Å². The Morgan fingerprint density at radius 1 is 1.19 bits per heavy atom. The summed E-state index contributed by atoms with van der Waals surface area (Å²) in [4.78, 5) is 22.5. The fraction of sp³-hybridized carbons (Fsp3) is 0.385. The molecule has 0 atom stereocenters. The SMILES string of the molecule is CC(=O)Nc1ccc(C)c(NC(=O)CNCC(F)(F)F)c1. The number of halogens is 3. The summed E-state index contributed by atoms with van der Waals surface area (Å²) in [5.74, 6) is -0.856. The summed E-state index contributed by atoms with van der Waals surface area (Å²) in [6, 6.07) is 4.89. The first-order chi connectivity index (χ1) is 9.67. The average molecular weight is 303 g/mol. The number of hydrogen-bond acceptors (Lipinski definition) is 3. The fourth-order valence-corrected chi connectivity index (χ4v) is 1.55. The van der Waals surface area contributed by atoms with Gasteiger partial charge in [-0.3, -0.25) is 9.59 Å². The molecule has 1 aromatic carbocycles. The summed E-state index contributed by atoms with van der Waals surface area (Å²) in [5, 5.41) is 7.05. The van der Waals surface area contributed by atoms with Crippen LogP contribution >= 0.6 is 0 Å². The average Bonchev–Trinajstić information content (AvgIpc) is 2.31. The quantitative estimate of drug-likeness (QED) is 0.779. The highest BCUT2D eigenvalue weighted by Gasteiger charge is 2.26. The zero-order chi connectivity index (χ0) is 16.0. The first-order valence-electron chi connectivity index (χ1n) is 6.13. The highest BCUT2D eigenvalue weighted by molar-refractivity contribution is 5.95. The van der Waals surface area contributed by atoms with Gasteiger partial charge in [-0.25, -0.2) is 0 Å². The van der Waals surface area contributed by atoms with Crippen molar-refractivity contribution in [1.82, 2.24) is 5.32 Å². The van der Waals surface area contributed by atoms with E-state index in [-0.39, 0.29) is 5.91 Å². The first kappa shape index (κ1) is 17.0. The Hall–Kier alpha value is -2.09. The Kier molecular flexibility index (Phi) is 5.71. The van der Waals surface area contributed by atoms with Crippen LogP contribution in [0.2, 0.25) is 0 Å². The molecule has 0 aliphatic heterocycles. The van der Waals surface area contributed by atoms with Gasteiger partial charge in [0.1, 0.15) is 0 Å². The van der Waals surface area contributed by atoms with Crippen LogP contribution in [0.1, 0.15) is 12.5 Å². The second-order valence-corrected chi connectivity index (χ2v) is 4.48. The molecule has 0 spiro atoms. The summed E-state index contributed by atoms with van der Waals surface area (Å²) in [6.07, 6.45) is -4.36. The zero-order valence-corrected chi connectivity index (χ0v) is 11.6. The van der Waals surface area contributed by atoms with Gasteiger partial charge in [-0.15, -0.1) is 0 Å². The monoisotopic (exact) mass is 303 g/mol. The second-order valence-electron chi connectivity index (χ2n) is 4.48. The molecule has 1 aromatic rings. The summed E-state index contributed by atoms with van der Waals surface area (Å²) in [6.45, 7) is 1.39. The molecule has 0 radical (unpaired) electrons. The maximum Gasteiger partial charge on any atom is 0.401 e. The molecule has 8 heteroatoms. The van der Waals surface area contributed by atoms with E-state index < -0.39 is 25.2 Å². The lowest BCUT2D eigenvalue weighted by molar-refractivity contribution is -0.127. The van der Waals surface area contributed by atoms with Crippen LogP contribution in [0.3, 0.4) is 0 Å². The van der Waals surface area contributed by atoms with Crippen molar-refractivity contribution in [1.29, 1.82) is 0 Å². The van der Waals surface area contributed by atoms with Crippen LogP contribution in [0.4, 0.5) is 24.5 Å². The van der Waals surface area contributed by atoms with Crippen molar-refractivity contribution < 1.29 is 22.8 Å². The molecule has 0 heterocycles. The topological polar surface area (TPSA) is 70.2 Å². The van der Waals surface area contributed by atoms with Crippen LogP contribution in [-0.2, 0) is 9.59 Å². The normalized spacial score (nSPS) is 11.1. The molecule has 0 aliphatic rings. The lowest BCUT2D eigenvalue weighted by Gasteiger charge is -2.12. The standard InChI is InChI=1S/C13H16F3N3O2/c1-8-3-4-10(18-9(2)20)5-11(8)19-12(21)6-17-7-13(14,15)16/h3-5,17H,6-7H2,1-2H3,(H,18,20)(H,19,21). The predicted octanol–water partition coefficient (Wildman–Crippen LogP) is 2.04. The number of alkyl halides is 3. The van der Waals surface area contributed by atoms with Crippen molar-refractivity contribution >= 4 is 23.2 Å². The molecule has 0 aliphatic carbocycles. The summed E-state index contributed by atoms with van der Waals surface area (Å²) in [5.41, 5.74) is 1.65. The van der Waals surface area contributed by atoms with Gasteiger partial charge < -0.3 is 16.0 Å². The van der Waals surface area contributed by atoms with Crippen molar-refractivity contribution in [2.75, 3.05) is 23.7 Å². The molecule has 0 aromatic heterocycles. The first-order valence-corrected chi connectivity index (χ1v) is 6.13. The van der Waals surface area contributed by atoms with E-state index in [4.69, 9.17) is 0 Å². The highest BCUT2D eigenvalue weighted by Crippen LogP contribution is 2.20. The summed E-state index contributed by atoms with van der Waals surface area (Å²) < 4.78 is 35.8. The van der Waals surface area contributed by atoms with E-state index in [0.29, 0.717) is 11.4 Å². The van der Waals surface area contributed by atoms with E-state index in [1.54, 1.807) is 25.1 Å². The third-order valence-corrected chi connectivity index (χ3v) is 2.44. The zero-order valence-electron chi connectivity index (χ0n) is 11.6. The third kappa shape index (κ3) is 6.75. The lowest BCUT2D eigenvalue weighted by atomic mass is 10.1. The Bertz CT molecular complexity index is 530. The lowest BCUT2D eigenvalue weighted by Crippen LogP contribution is -2.35. The van der Waals surface area contributed by atoms with Gasteiger partial charge in [0.2, 0.25) is 11.8 Å². The van der Waals surface area contributed by atoms with Crippen molar-refractivity contribution in [2.45, 2.75) is 20.0 Å². The number of amides is 2.